The largest absolute Gasteiger partial charge is 0.337 e. The number of carbonyl (C=O) groups is 1. The molecule has 2 rings (SSSR count). The summed E-state index contributed by atoms with van der Waals surface area (Å²) in [6.07, 6.45) is 1.53. The van der Waals surface area contributed by atoms with Crippen molar-refractivity contribution in [3.8, 4) is 0 Å². The van der Waals surface area contributed by atoms with Crippen LogP contribution in [0.3, 0.4) is 0 Å². The minimum atomic E-state index is -0.124. The van der Waals surface area contributed by atoms with Crippen LogP contribution in [0.2, 0.25) is 10.0 Å². The van der Waals surface area contributed by atoms with Gasteiger partial charge >= 0.3 is 0 Å². The second-order valence-corrected chi connectivity index (χ2v) is 5.84. The molecule has 0 radical (unpaired) electrons. The van der Waals surface area contributed by atoms with Crippen LogP contribution in [0.5, 0.6) is 0 Å². The molecule has 104 valence electrons. The van der Waals surface area contributed by atoms with Gasteiger partial charge < -0.3 is 4.90 Å². The van der Waals surface area contributed by atoms with Crippen LogP contribution >= 0.6 is 39.1 Å². The monoisotopic (exact) mass is 372 g/mol. The Morgan fingerprint density at radius 3 is 2.70 bits per heavy atom. The molecule has 0 fully saturated rings. The number of pyridine rings is 1. The molecule has 0 aliphatic rings. The Morgan fingerprint density at radius 1 is 1.30 bits per heavy atom. The summed E-state index contributed by atoms with van der Waals surface area (Å²) in [7, 11) is 1.71. The van der Waals surface area contributed by atoms with Crippen LogP contribution < -0.4 is 0 Å². The zero-order valence-corrected chi connectivity index (χ0v) is 13.7. The maximum atomic E-state index is 12.3. The Hall–Kier alpha value is -1.10. The zero-order chi connectivity index (χ0) is 14.7. The molecule has 1 aromatic heterocycles. The third-order valence-corrected chi connectivity index (χ3v) is 4.09. The first-order valence-corrected chi connectivity index (χ1v) is 7.34. The summed E-state index contributed by atoms with van der Waals surface area (Å²) in [4.78, 5) is 17.9. The van der Waals surface area contributed by atoms with Gasteiger partial charge in [0.05, 0.1) is 15.6 Å². The fourth-order valence-electron chi connectivity index (χ4n) is 1.72. The third kappa shape index (κ3) is 3.51. The van der Waals surface area contributed by atoms with Crippen molar-refractivity contribution in [2.75, 3.05) is 7.05 Å². The van der Waals surface area contributed by atoms with Crippen molar-refractivity contribution in [3.63, 3.8) is 0 Å². The van der Waals surface area contributed by atoms with E-state index in [1.807, 2.05) is 12.1 Å². The lowest BCUT2D eigenvalue weighted by atomic mass is 10.2. The molecule has 1 amide bonds. The molecule has 0 atom stereocenters. The molecule has 0 saturated carbocycles. The minimum Gasteiger partial charge on any atom is -0.337 e. The second-order valence-electron chi connectivity index (χ2n) is 4.24. The standard InChI is InChI=1S/C14H11BrCl2N2O/c1-19(8-10-3-2-4-11(16)13(10)17)14(20)9-5-6-12(15)18-7-9/h2-7H,8H2,1H3. The Labute approximate surface area is 135 Å². The van der Waals surface area contributed by atoms with Crippen LogP contribution in [0.15, 0.2) is 41.1 Å². The normalized spacial score (nSPS) is 10.4. The van der Waals surface area contributed by atoms with E-state index in [-0.39, 0.29) is 5.91 Å². The summed E-state index contributed by atoms with van der Waals surface area (Å²) < 4.78 is 0.689. The van der Waals surface area contributed by atoms with Gasteiger partial charge in [-0.3, -0.25) is 4.79 Å². The fourth-order valence-corrected chi connectivity index (χ4v) is 2.34. The first kappa shape index (κ1) is 15.3. The van der Waals surface area contributed by atoms with Crippen LogP contribution in [0, 0.1) is 0 Å². The van der Waals surface area contributed by atoms with Crippen molar-refractivity contribution in [2.45, 2.75) is 6.54 Å². The highest BCUT2D eigenvalue weighted by Crippen LogP contribution is 2.26. The van der Waals surface area contributed by atoms with Gasteiger partial charge in [0.15, 0.2) is 0 Å². The van der Waals surface area contributed by atoms with Gasteiger partial charge in [0.1, 0.15) is 4.60 Å². The van der Waals surface area contributed by atoms with Gasteiger partial charge in [0, 0.05) is 19.8 Å². The molecule has 1 aromatic carbocycles. The number of hydrogen-bond donors (Lipinski definition) is 0. The number of amides is 1. The lowest BCUT2D eigenvalue weighted by Gasteiger charge is -2.18. The number of carbonyl (C=O) groups excluding carboxylic acids is 1. The number of nitrogens with zero attached hydrogens (tertiary/aromatic N) is 2. The van der Waals surface area contributed by atoms with E-state index in [1.165, 1.54) is 6.20 Å². The van der Waals surface area contributed by atoms with E-state index >= 15 is 0 Å². The molecule has 2 aromatic rings. The number of halogens is 3. The van der Waals surface area contributed by atoms with Gasteiger partial charge in [-0.2, -0.15) is 0 Å². The molecule has 0 unspecified atom stereocenters. The molecule has 0 aliphatic carbocycles. The highest BCUT2D eigenvalue weighted by atomic mass is 79.9. The van der Waals surface area contributed by atoms with Crippen LogP contribution in [0.1, 0.15) is 15.9 Å². The maximum absolute atomic E-state index is 12.3. The van der Waals surface area contributed by atoms with Gasteiger partial charge in [-0.05, 0) is 39.7 Å². The molecule has 0 bridgehead atoms. The van der Waals surface area contributed by atoms with Crippen molar-refractivity contribution < 1.29 is 4.79 Å². The Kier molecular flexibility index (Phi) is 5.02. The van der Waals surface area contributed by atoms with Gasteiger partial charge in [-0.1, -0.05) is 35.3 Å². The molecule has 1 heterocycles. The molecule has 0 aliphatic heterocycles. The van der Waals surface area contributed by atoms with Crippen LogP contribution in [0.25, 0.3) is 0 Å². The summed E-state index contributed by atoms with van der Waals surface area (Å²) in [5.74, 6) is -0.124. The first-order chi connectivity index (χ1) is 9.49. The van der Waals surface area contributed by atoms with E-state index in [0.717, 1.165) is 5.56 Å². The average molecular weight is 374 g/mol. The maximum Gasteiger partial charge on any atom is 0.255 e. The van der Waals surface area contributed by atoms with Gasteiger partial charge in [0.2, 0.25) is 0 Å². The van der Waals surface area contributed by atoms with Gasteiger partial charge in [-0.15, -0.1) is 0 Å². The molecular weight excluding hydrogens is 363 g/mol. The van der Waals surface area contributed by atoms with Crippen molar-refractivity contribution in [2.24, 2.45) is 0 Å². The van der Waals surface area contributed by atoms with E-state index in [1.54, 1.807) is 30.1 Å². The molecule has 0 saturated heterocycles. The molecule has 20 heavy (non-hydrogen) atoms. The van der Waals surface area contributed by atoms with Crippen molar-refractivity contribution in [1.29, 1.82) is 0 Å². The van der Waals surface area contributed by atoms with Crippen molar-refractivity contribution in [3.05, 3.63) is 62.3 Å². The summed E-state index contributed by atoms with van der Waals surface area (Å²) in [5, 5.41) is 0.957. The van der Waals surface area contributed by atoms with Crippen molar-refractivity contribution in [1.82, 2.24) is 9.88 Å². The van der Waals surface area contributed by atoms with Gasteiger partial charge in [0.25, 0.3) is 5.91 Å². The Balaban J connectivity index is 2.15. The number of aromatic nitrogens is 1. The highest BCUT2D eigenvalue weighted by Gasteiger charge is 2.14. The van der Waals surface area contributed by atoms with E-state index in [9.17, 15) is 4.79 Å². The zero-order valence-electron chi connectivity index (χ0n) is 10.6. The van der Waals surface area contributed by atoms with E-state index in [2.05, 4.69) is 20.9 Å². The van der Waals surface area contributed by atoms with E-state index in [4.69, 9.17) is 23.2 Å². The first-order valence-electron chi connectivity index (χ1n) is 5.79. The predicted octanol–water partition coefficient (Wildman–Crippen LogP) is 4.42. The molecule has 6 heteroatoms. The van der Waals surface area contributed by atoms with Crippen molar-refractivity contribution >= 4 is 45.0 Å². The summed E-state index contributed by atoms with van der Waals surface area (Å²) in [5.41, 5.74) is 1.33. The van der Waals surface area contributed by atoms with Gasteiger partial charge in [-0.25, -0.2) is 4.98 Å². The summed E-state index contributed by atoms with van der Waals surface area (Å²) >= 11 is 15.3. The Bertz CT molecular complexity index is 632. The quantitative estimate of drug-likeness (QED) is 0.746. The summed E-state index contributed by atoms with van der Waals surface area (Å²) in [6.45, 7) is 0.383. The molecule has 0 N–H and O–H groups in total. The van der Waals surface area contributed by atoms with Crippen LogP contribution in [-0.2, 0) is 6.54 Å². The molecule has 3 nitrogen and oxygen atoms in total. The van der Waals surface area contributed by atoms with Crippen LogP contribution in [-0.4, -0.2) is 22.8 Å². The molecule has 0 spiro atoms. The smallest absolute Gasteiger partial charge is 0.255 e. The second kappa shape index (κ2) is 6.57. The SMILES string of the molecule is CN(Cc1cccc(Cl)c1Cl)C(=O)c1ccc(Br)nc1. The average Bonchev–Trinajstić information content (AvgIpc) is 2.44. The minimum absolute atomic E-state index is 0.124. The van der Waals surface area contributed by atoms with E-state index < -0.39 is 0 Å². The predicted molar refractivity (Wildman–Crippen MR) is 84.2 cm³/mol. The number of benzene rings is 1. The summed E-state index contributed by atoms with van der Waals surface area (Å²) in [6, 6.07) is 8.82. The highest BCUT2D eigenvalue weighted by molar-refractivity contribution is 9.10. The van der Waals surface area contributed by atoms with Crippen LogP contribution in [0.4, 0.5) is 0 Å². The molecular formula is C14H11BrCl2N2O. The number of hydrogen-bond acceptors (Lipinski definition) is 2. The number of rotatable bonds is 3. The topological polar surface area (TPSA) is 33.2 Å². The van der Waals surface area contributed by atoms with E-state index in [0.29, 0.717) is 26.8 Å². The third-order valence-electron chi connectivity index (χ3n) is 2.76. The lowest BCUT2D eigenvalue weighted by Crippen LogP contribution is -2.26. The fraction of sp³-hybridized carbons (Fsp3) is 0.143. The Morgan fingerprint density at radius 2 is 2.05 bits per heavy atom. The lowest BCUT2D eigenvalue weighted by molar-refractivity contribution is 0.0784.